The summed E-state index contributed by atoms with van der Waals surface area (Å²) in [6.45, 7) is 0. The van der Waals surface area contributed by atoms with Gasteiger partial charge >= 0.3 is 0 Å². The van der Waals surface area contributed by atoms with E-state index in [1.807, 2.05) is 6.07 Å². The third kappa shape index (κ3) is 2.44. The van der Waals surface area contributed by atoms with Crippen molar-refractivity contribution in [3.63, 3.8) is 0 Å². The number of nitrogens with zero attached hydrogens (tertiary/aromatic N) is 2. The Morgan fingerprint density at radius 3 is 2.62 bits per heavy atom. The molecule has 0 aliphatic rings. The zero-order chi connectivity index (χ0) is 16.7. The molecule has 0 bridgehead atoms. The summed E-state index contributed by atoms with van der Waals surface area (Å²) in [4.78, 5) is 16.6. The maximum Gasteiger partial charge on any atom is 0.269 e. The van der Waals surface area contributed by atoms with Crippen LogP contribution >= 0.6 is 11.8 Å². The minimum absolute atomic E-state index is 0.0531. The normalized spacial score (nSPS) is 11.2. The van der Waals surface area contributed by atoms with E-state index in [0.717, 1.165) is 20.6 Å². The number of furan rings is 1. The summed E-state index contributed by atoms with van der Waals surface area (Å²) < 4.78 is 5.40. The smallest absolute Gasteiger partial charge is 0.269 e. The lowest BCUT2D eigenvalue weighted by Gasteiger charge is -2.08. The molecule has 1 N–H and O–H groups in total. The molecule has 2 heterocycles. The Morgan fingerprint density at radius 1 is 1.08 bits per heavy atom. The lowest BCUT2D eigenvalue weighted by atomic mass is 10.2. The molecule has 0 aliphatic heterocycles. The second kappa shape index (κ2) is 5.54. The van der Waals surface area contributed by atoms with Gasteiger partial charge < -0.3 is 9.52 Å². The van der Waals surface area contributed by atoms with Crippen LogP contribution in [0, 0.1) is 10.1 Å². The molecule has 0 amide bonds. The molecule has 7 heteroatoms. The molecule has 0 unspecified atom stereocenters. The van der Waals surface area contributed by atoms with Crippen molar-refractivity contribution < 1.29 is 14.4 Å². The van der Waals surface area contributed by atoms with Crippen molar-refractivity contribution in [2.75, 3.05) is 0 Å². The van der Waals surface area contributed by atoms with E-state index in [1.54, 1.807) is 36.6 Å². The van der Waals surface area contributed by atoms with Gasteiger partial charge in [-0.25, -0.2) is 4.98 Å². The number of nitro benzene ring substituents is 1. The third-order valence-electron chi connectivity index (χ3n) is 3.60. The lowest BCUT2D eigenvalue weighted by Crippen LogP contribution is -1.87. The molecule has 0 fully saturated rings. The average Bonchev–Trinajstić information content (AvgIpc) is 3.03. The van der Waals surface area contributed by atoms with Gasteiger partial charge in [-0.3, -0.25) is 10.1 Å². The molecule has 4 rings (SSSR count). The second-order valence-corrected chi connectivity index (χ2v) is 6.22. The van der Waals surface area contributed by atoms with Gasteiger partial charge in [-0.1, -0.05) is 11.8 Å². The van der Waals surface area contributed by atoms with Gasteiger partial charge in [0.15, 0.2) is 0 Å². The highest BCUT2D eigenvalue weighted by Gasteiger charge is 2.14. The molecule has 0 saturated heterocycles. The van der Waals surface area contributed by atoms with Crippen molar-refractivity contribution in [2.45, 2.75) is 9.79 Å². The molecule has 118 valence electrons. The molecule has 24 heavy (non-hydrogen) atoms. The van der Waals surface area contributed by atoms with Gasteiger partial charge in [0.2, 0.25) is 5.71 Å². The van der Waals surface area contributed by atoms with Crippen LogP contribution in [0.4, 0.5) is 5.69 Å². The second-order valence-electron chi connectivity index (χ2n) is 5.13. The number of benzene rings is 2. The number of aromatic nitrogens is 1. The van der Waals surface area contributed by atoms with Crippen LogP contribution in [-0.2, 0) is 0 Å². The van der Waals surface area contributed by atoms with Crippen LogP contribution in [0.5, 0.6) is 5.75 Å². The predicted molar refractivity (Wildman–Crippen MR) is 90.4 cm³/mol. The van der Waals surface area contributed by atoms with Crippen LogP contribution in [0.3, 0.4) is 0 Å². The van der Waals surface area contributed by atoms with Gasteiger partial charge in [0.05, 0.1) is 22.1 Å². The van der Waals surface area contributed by atoms with Gasteiger partial charge in [-0.2, -0.15) is 0 Å². The van der Waals surface area contributed by atoms with Gasteiger partial charge in [0, 0.05) is 33.4 Å². The van der Waals surface area contributed by atoms with Crippen molar-refractivity contribution >= 4 is 39.5 Å². The number of hydrogen-bond donors (Lipinski definition) is 1. The van der Waals surface area contributed by atoms with Crippen LogP contribution < -0.4 is 0 Å². The van der Waals surface area contributed by atoms with Crippen LogP contribution in [0.1, 0.15) is 0 Å². The van der Waals surface area contributed by atoms with E-state index in [9.17, 15) is 15.2 Å². The minimum atomic E-state index is -0.423. The van der Waals surface area contributed by atoms with E-state index in [4.69, 9.17) is 4.42 Å². The highest BCUT2D eigenvalue weighted by Crippen LogP contribution is 2.39. The number of rotatable bonds is 3. The summed E-state index contributed by atoms with van der Waals surface area (Å²) in [6, 6.07) is 13.2. The summed E-state index contributed by atoms with van der Waals surface area (Å²) in [5, 5.41) is 22.2. The number of nitro groups is 1. The maximum atomic E-state index is 10.8. The fraction of sp³-hybridized carbons (Fsp3) is 0. The molecule has 0 saturated carbocycles. The number of pyridine rings is 1. The van der Waals surface area contributed by atoms with Gasteiger partial charge in [0.1, 0.15) is 5.75 Å². The highest BCUT2D eigenvalue weighted by atomic mass is 32.2. The molecular formula is C17H10N2O4S. The van der Waals surface area contributed by atoms with E-state index < -0.39 is 4.92 Å². The van der Waals surface area contributed by atoms with Crippen molar-refractivity contribution in [2.24, 2.45) is 0 Å². The van der Waals surface area contributed by atoms with Crippen molar-refractivity contribution in [1.82, 2.24) is 4.98 Å². The molecule has 2 aromatic heterocycles. The van der Waals surface area contributed by atoms with Crippen LogP contribution in [-0.4, -0.2) is 15.0 Å². The zero-order valence-electron chi connectivity index (χ0n) is 12.2. The van der Waals surface area contributed by atoms with Crippen molar-refractivity contribution in [3.8, 4) is 5.75 Å². The van der Waals surface area contributed by atoms with Crippen LogP contribution in [0.25, 0.3) is 22.0 Å². The Hall–Kier alpha value is -3.06. The number of hydrogen-bond acceptors (Lipinski definition) is 6. The maximum absolute atomic E-state index is 10.8. The highest BCUT2D eigenvalue weighted by molar-refractivity contribution is 7.99. The molecule has 0 radical (unpaired) electrons. The van der Waals surface area contributed by atoms with Crippen molar-refractivity contribution in [1.29, 1.82) is 0 Å². The van der Waals surface area contributed by atoms with E-state index in [1.165, 1.54) is 23.9 Å². The minimum Gasteiger partial charge on any atom is -0.508 e. The Bertz CT molecular complexity index is 1070. The van der Waals surface area contributed by atoms with Gasteiger partial charge in [-0.05, 0) is 30.3 Å². The van der Waals surface area contributed by atoms with E-state index in [-0.39, 0.29) is 11.4 Å². The van der Waals surface area contributed by atoms with E-state index in [2.05, 4.69) is 4.98 Å². The number of fused-ring (bicyclic) bond motifs is 2. The first kappa shape index (κ1) is 14.5. The first-order chi connectivity index (χ1) is 11.6. The quantitative estimate of drug-likeness (QED) is 0.428. The molecule has 2 aromatic carbocycles. The van der Waals surface area contributed by atoms with Crippen LogP contribution in [0.15, 0.2) is 69.0 Å². The molecular weight excluding hydrogens is 328 g/mol. The fourth-order valence-electron chi connectivity index (χ4n) is 2.48. The Morgan fingerprint density at radius 2 is 1.88 bits per heavy atom. The first-order valence-electron chi connectivity index (χ1n) is 7.04. The van der Waals surface area contributed by atoms with E-state index >= 15 is 0 Å². The summed E-state index contributed by atoms with van der Waals surface area (Å²) in [5.41, 5.74) is 1.16. The predicted octanol–water partition coefficient (Wildman–Crippen LogP) is 4.75. The van der Waals surface area contributed by atoms with Crippen LogP contribution in [0.2, 0.25) is 0 Å². The third-order valence-corrected chi connectivity index (χ3v) is 4.76. The van der Waals surface area contributed by atoms with Gasteiger partial charge in [-0.15, -0.1) is 0 Å². The van der Waals surface area contributed by atoms with E-state index in [0.29, 0.717) is 11.2 Å². The number of aromatic hydroxyl groups is 1. The molecule has 4 aromatic rings. The number of phenols is 1. The fourth-order valence-corrected chi connectivity index (χ4v) is 3.54. The summed E-state index contributed by atoms with van der Waals surface area (Å²) in [5.74, 6) is 0.132. The molecule has 0 aliphatic carbocycles. The molecule has 0 atom stereocenters. The SMILES string of the molecule is O=[N+]([O-])c1ccc(Sc2c3ccc(O)cc3nc3occc23)cc1. The topological polar surface area (TPSA) is 89.4 Å². The Balaban J connectivity index is 1.87. The lowest BCUT2D eigenvalue weighted by molar-refractivity contribution is -0.384. The monoisotopic (exact) mass is 338 g/mol. The Kier molecular flexibility index (Phi) is 3.35. The first-order valence-corrected chi connectivity index (χ1v) is 7.86. The summed E-state index contributed by atoms with van der Waals surface area (Å²) >= 11 is 1.47. The molecule has 6 nitrogen and oxygen atoms in total. The summed E-state index contributed by atoms with van der Waals surface area (Å²) in [6.07, 6.45) is 1.57. The average molecular weight is 338 g/mol. The number of non-ortho nitro benzene ring substituents is 1. The zero-order valence-corrected chi connectivity index (χ0v) is 13.0. The standard InChI is InChI=1S/C17H10N2O4S/c20-11-3-6-13-15(9-11)18-17-14(7-8-23-17)16(13)24-12-4-1-10(2-5-12)19(21)22/h1-9,20H. The Labute approximate surface area is 139 Å². The van der Waals surface area contributed by atoms with Crippen molar-refractivity contribution in [3.05, 3.63) is 64.9 Å². The molecule has 0 spiro atoms. The summed E-state index contributed by atoms with van der Waals surface area (Å²) in [7, 11) is 0. The number of phenolic OH excluding ortho intramolecular Hbond substituents is 1. The largest absolute Gasteiger partial charge is 0.508 e. The van der Waals surface area contributed by atoms with Gasteiger partial charge in [0.25, 0.3) is 5.69 Å².